The summed E-state index contributed by atoms with van der Waals surface area (Å²) in [4.78, 5) is 12.2. The van der Waals surface area contributed by atoms with Crippen LogP contribution in [0.1, 0.15) is 32.1 Å². The van der Waals surface area contributed by atoms with Gasteiger partial charge in [-0.05, 0) is 62.9 Å². The van der Waals surface area contributed by atoms with Gasteiger partial charge in [-0.2, -0.15) is 4.31 Å². The maximum atomic E-state index is 12.7. The summed E-state index contributed by atoms with van der Waals surface area (Å²) in [5.41, 5.74) is 0.469. The third kappa shape index (κ3) is 5.10. The number of rotatable bonds is 6. The van der Waals surface area contributed by atoms with Gasteiger partial charge in [0.05, 0.1) is 5.02 Å². The maximum Gasteiger partial charge on any atom is 0.244 e. The molecule has 2 fully saturated rings. The van der Waals surface area contributed by atoms with Crippen molar-refractivity contribution < 1.29 is 13.2 Å². The summed E-state index contributed by atoms with van der Waals surface area (Å²) in [6, 6.07) is 4.63. The second-order valence-electron chi connectivity index (χ2n) is 6.70. The SMILES string of the molecule is Cl.O=C(CCC1CCNC1)Nc1ccc(Cl)c(S(=O)(=O)N2CCCC2)c1. The molecule has 146 valence electrons. The molecule has 2 aliphatic rings. The molecule has 1 amide bonds. The Bertz CT molecular complexity index is 731. The predicted octanol–water partition coefficient (Wildman–Crippen LogP) is 2.87. The number of amides is 1. The molecule has 2 heterocycles. The van der Waals surface area contributed by atoms with Gasteiger partial charge in [-0.3, -0.25) is 4.79 Å². The molecule has 26 heavy (non-hydrogen) atoms. The molecule has 0 bridgehead atoms. The van der Waals surface area contributed by atoms with Crippen molar-refractivity contribution in [2.45, 2.75) is 37.0 Å². The van der Waals surface area contributed by atoms with Crippen LogP contribution in [0.5, 0.6) is 0 Å². The first-order valence-corrected chi connectivity index (χ1v) is 10.6. The molecule has 0 saturated carbocycles. The summed E-state index contributed by atoms with van der Waals surface area (Å²) in [6.45, 7) is 3.02. The minimum Gasteiger partial charge on any atom is -0.326 e. The number of hydrogen-bond acceptors (Lipinski definition) is 4. The number of benzene rings is 1. The minimum absolute atomic E-state index is 0. The molecular weight excluding hydrogens is 397 g/mol. The predicted molar refractivity (Wildman–Crippen MR) is 106 cm³/mol. The summed E-state index contributed by atoms with van der Waals surface area (Å²) >= 11 is 6.12. The standard InChI is InChI=1S/C17H24ClN3O3S.ClH/c18-15-5-4-14(20-17(22)6-3-13-7-8-19-12-13)11-16(15)25(23,24)21-9-1-2-10-21;/h4-5,11,13,19H,1-3,6-10,12H2,(H,20,22);1H. The van der Waals surface area contributed by atoms with Crippen molar-refractivity contribution in [1.29, 1.82) is 0 Å². The molecule has 2 aliphatic heterocycles. The van der Waals surface area contributed by atoms with Crippen molar-refractivity contribution in [2.75, 3.05) is 31.5 Å². The number of carbonyl (C=O) groups excluding carboxylic acids is 1. The molecule has 1 unspecified atom stereocenters. The summed E-state index contributed by atoms with van der Waals surface area (Å²) < 4.78 is 26.9. The molecule has 6 nitrogen and oxygen atoms in total. The highest BCUT2D eigenvalue weighted by Gasteiger charge is 2.29. The quantitative estimate of drug-likeness (QED) is 0.739. The highest BCUT2D eigenvalue weighted by molar-refractivity contribution is 7.89. The van der Waals surface area contributed by atoms with Gasteiger partial charge < -0.3 is 10.6 Å². The lowest BCUT2D eigenvalue weighted by Gasteiger charge is -2.17. The van der Waals surface area contributed by atoms with Crippen molar-refractivity contribution in [3.05, 3.63) is 23.2 Å². The molecule has 0 aromatic heterocycles. The molecule has 2 saturated heterocycles. The van der Waals surface area contributed by atoms with Gasteiger partial charge in [0.25, 0.3) is 0 Å². The topological polar surface area (TPSA) is 78.5 Å². The number of halogens is 2. The van der Waals surface area contributed by atoms with Gasteiger partial charge in [0.2, 0.25) is 15.9 Å². The van der Waals surface area contributed by atoms with Crippen LogP contribution in [0.4, 0.5) is 5.69 Å². The first-order valence-electron chi connectivity index (χ1n) is 8.77. The Kier molecular flexibility index (Phi) is 7.73. The minimum atomic E-state index is -3.61. The molecule has 1 atom stereocenters. The third-order valence-corrected chi connectivity index (χ3v) is 7.22. The van der Waals surface area contributed by atoms with Gasteiger partial charge in [0, 0.05) is 25.2 Å². The van der Waals surface area contributed by atoms with Crippen LogP contribution in [0.2, 0.25) is 5.02 Å². The Morgan fingerprint density at radius 1 is 1.31 bits per heavy atom. The lowest BCUT2D eigenvalue weighted by molar-refractivity contribution is -0.116. The second-order valence-corrected chi connectivity index (χ2v) is 9.02. The Labute approximate surface area is 166 Å². The number of anilines is 1. The van der Waals surface area contributed by atoms with E-state index in [-0.39, 0.29) is 28.2 Å². The van der Waals surface area contributed by atoms with Gasteiger partial charge in [-0.1, -0.05) is 11.6 Å². The monoisotopic (exact) mass is 421 g/mol. The van der Waals surface area contributed by atoms with Gasteiger partial charge in [-0.15, -0.1) is 12.4 Å². The van der Waals surface area contributed by atoms with Gasteiger partial charge in [0.1, 0.15) is 4.90 Å². The van der Waals surface area contributed by atoms with Crippen LogP contribution in [-0.4, -0.2) is 44.8 Å². The molecule has 0 aliphatic carbocycles. The number of sulfonamides is 1. The molecule has 3 rings (SSSR count). The first kappa shape index (κ1) is 21.4. The van der Waals surface area contributed by atoms with E-state index < -0.39 is 10.0 Å². The maximum absolute atomic E-state index is 12.7. The molecular formula is C17H25Cl2N3O3S. The van der Waals surface area contributed by atoms with E-state index in [1.54, 1.807) is 6.07 Å². The Balaban J connectivity index is 0.00000243. The molecule has 1 aromatic carbocycles. The lowest BCUT2D eigenvalue weighted by atomic mass is 10.0. The number of nitrogens with zero attached hydrogens (tertiary/aromatic N) is 1. The summed E-state index contributed by atoms with van der Waals surface area (Å²) in [5, 5.41) is 6.26. The van der Waals surface area contributed by atoms with Crippen LogP contribution in [-0.2, 0) is 14.8 Å². The molecule has 9 heteroatoms. The fourth-order valence-electron chi connectivity index (χ4n) is 3.37. The van der Waals surface area contributed by atoms with Crippen LogP contribution < -0.4 is 10.6 Å². The fraction of sp³-hybridized carbons (Fsp3) is 0.588. The molecule has 0 spiro atoms. The number of nitrogens with one attached hydrogen (secondary N) is 2. The zero-order chi connectivity index (χ0) is 17.9. The van der Waals surface area contributed by atoms with Gasteiger partial charge in [0.15, 0.2) is 0 Å². The van der Waals surface area contributed by atoms with Gasteiger partial charge >= 0.3 is 0 Å². The number of hydrogen-bond donors (Lipinski definition) is 2. The zero-order valence-electron chi connectivity index (χ0n) is 14.5. The smallest absolute Gasteiger partial charge is 0.244 e. The van der Waals surface area contributed by atoms with Crippen molar-refractivity contribution >= 4 is 45.6 Å². The van der Waals surface area contributed by atoms with Crippen molar-refractivity contribution in [2.24, 2.45) is 5.92 Å². The fourth-order valence-corrected chi connectivity index (χ4v) is 5.38. The summed E-state index contributed by atoms with van der Waals surface area (Å²) in [6.07, 6.45) is 4.10. The number of carbonyl (C=O) groups is 1. The Morgan fingerprint density at radius 3 is 2.69 bits per heavy atom. The van der Waals surface area contributed by atoms with E-state index in [0.29, 0.717) is 31.1 Å². The van der Waals surface area contributed by atoms with E-state index in [1.807, 2.05) is 0 Å². The van der Waals surface area contributed by atoms with E-state index in [1.165, 1.54) is 16.4 Å². The Morgan fingerprint density at radius 2 is 2.04 bits per heavy atom. The second kappa shape index (κ2) is 9.37. The third-order valence-electron chi connectivity index (χ3n) is 4.84. The molecule has 2 N–H and O–H groups in total. The Hall–Kier alpha value is -0.860. The van der Waals surface area contributed by atoms with Crippen LogP contribution in [0, 0.1) is 5.92 Å². The average Bonchev–Trinajstić information content (AvgIpc) is 3.28. The van der Waals surface area contributed by atoms with Crippen LogP contribution in [0.3, 0.4) is 0 Å². The van der Waals surface area contributed by atoms with E-state index >= 15 is 0 Å². The molecule has 1 aromatic rings. The molecule has 0 radical (unpaired) electrons. The van der Waals surface area contributed by atoms with E-state index in [9.17, 15) is 13.2 Å². The van der Waals surface area contributed by atoms with Crippen LogP contribution in [0.15, 0.2) is 23.1 Å². The highest BCUT2D eigenvalue weighted by atomic mass is 35.5. The summed E-state index contributed by atoms with van der Waals surface area (Å²) in [7, 11) is -3.61. The van der Waals surface area contributed by atoms with E-state index in [2.05, 4.69) is 10.6 Å². The summed E-state index contributed by atoms with van der Waals surface area (Å²) in [5.74, 6) is 0.445. The normalized spacial score (nSPS) is 20.7. The first-order chi connectivity index (χ1) is 12.0. The van der Waals surface area contributed by atoms with E-state index in [4.69, 9.17) is 11.6 Å². The van der Waals surface area contributed by atoms with Crippen molar-refractivity contribution in [1.82, 2.24) is 9.62 Å². The van der Waals surface area contributed by atoms with Crippen LogP contribution in [0.25, 0.3) is 0 Å². The van der Waals surface area contributed by atoms with Crippen LogP contribution >= 0.6 is 24.0 Å². The average molecular weight is 422 g/mol. The van der Waals surface area contributed by atoms with Crippen molar-refractivity contribution in [3.63, 3.8) is 0 Å². The van der Waals surface area contributed by atoms with Gasteiger partial charge in [-0.25, -0.2) is 8.42 Å². The highest BCUT2D eigenvalue weighted by Crippen LogP contribution is 2.29. The lowest BCUT2D eigenvalue weighted by Crippen LogP contribution is -2.28. The zero-order valence-corrected chi connectivity index (χ0v) is 16.9. The largest absolute Gasteiger partial charge is 0.326 e. The van der Waals surface area contributed by atoms with E-state index in [0.717, 1.165) is 38.8 Å². The van der Waals surface area contributed by atoms with Crippen molar-refractivity contribution in [3.8, 4) is 0 Å².